The second kappa shape index (κ2) is 7.00. The third-order valence-corrected chi connectivity index (χ3v) is 5.75. The first kappa shape index (κ1) is 15.2. The summed E-state index contributed by atoms with van der Waals surface area (Å²) < 4.78 is 6.30. The number of hydrogen-bond acceptors (Lipinski definition) is 3. The molecule has 1 saturated heterocycles. The molecule has 4 heteroatoms. The molecule has 1 aliphatic heterocycles. The predicted molar refractivity (Wildman–Crippen MR) is 87.2 cm³/mol. The number of halogens is 1. The highest BCUT2D eigenvalue weighted by atomic mass is 79.9. The summed E-state index contributed by atoms with van der Waals surface area (Å²) in [6.07, 6.45) is 2.61. The molecule has 2 rings (SSSR count). The van der Waals surface area contributed by atoms with Gasteiger partial charge in [-0.25, -0.2) is 0 Å². The van der Waals surface area contributed by atoms with Gasteiger partial charge in [0.05, 0.1) is 11.6 Å². The third kappa shape index (κ3) is 3.89. The second-order valence-electron chi connectivity index (χ2n) is 5.11. The van der Waals surface area contributed by atoms with Gasteiger partial charge in [0.2, 0.25) is 0 Å². The van der Waals surface area contributed by atoms with Crippen molar-refractivity contribution in [3.63, 3.8) is 0 Å². The first-order valence-electron chi connectivity index (χ1n) is 6.83. The maximum absolute atomic E-state index is 5.28. The summed E-state index contributed by atoms with van der Waals surface area (Å²) in [6, 6.07) is 7.30. The molecule has 0 aromatic heterocycles. The average molecular weight is 344 g/mol. The number of rotatable bonds is 4. The van der Waals surface area contributed by atoms with Crippen LogP contribution in [0.15, 0.2) is 22.7 Å². The van der Waals surface area contributed by atoms with E-state index in [4.69, 9.17) is 4.74 Å². The van der Waals surface area contributed by atoms with Gasteiger partial charge in [-0.05, 0) is 59.1 Å². The van der Waals surface area contributed by atoms with Gasteiger partial charge in [0.25, 0.3) is 0 Å². The Labute approximate surface area is 128 Å². The summed E-state index contributed by atoms with van der Waals surface area (Å²) >= 11 is 5.64. The number of benzene rings is 1. The topological polar surface area (TPSA) is 21.3 Å². The number of thioether (sulfide) groups is 1. The minimum Gasteiger partial charge on any atom is -0.496 e. The van der Waals surface area contributed by atoms with Crippen molar-refractivity contribution in [1.82, 2.24) is 5.32 Å². The van der Waals surface area contributed by atoms with Crippen LogP contribution in [0.3, 0.4) is 0 Å². The fourth-order valence-electron chi connectivity index (χ4n) is 2.51. The zero-order valence-corrected chi connectivity index (χ0v) is 14.2. The summed E-state index contributed by atoms with van der Waals surface area (Å²) in [7, 11) is 1.70. The lowest BCUT2D eigenvalue weighted by molar-refractivity contribution is 0.408. The van der Waals surface area contributed by atoms with Crippen molar-refractivity contribution in [2.45, 2.75) is 44.0 Å². The van der Waals surface area contributed by atoms with Crippen molar-refractivity contribution in [3.8, 4) is 5.75 Å². The normalized spacial score (nSPS) is 25.1. The van der Waals surface area contributed by atoms with E-state index >= 15 is 0 Å². The maximum Gasteiger partial charge on any atom is 0.133 e. The molecule has 1 aromatic carbocycles. The molecule has 1 N–H and O–H groups in total. The highest BCUT2D eigenvalue weighted by molar-refractivity contribution is 9.10. The fourth-order valence-corrected chi connectivity index (χ4v) is 4.22. The molecule has 0 saturated carbocycles. The molecule has 0 radical (unpaired) electrons. The van der Waals surface area contributed by atoms with Crippen LogP contribution < -0.4 is 10.1 Å². The maximum atomic E-state index is 5.28. The van der Waals surface area contributed by atoms with Crippen LogP contribution in [0.5, 0.6) is 5.75 Å². The molecular weight excluding hydrogens is 322 g/mol. The monoisotopic (exact) mass is 343 g/mol. The van der Waals surface area contributed by atoms with Gasteiger partial charge < -0.3 is 10.1 Å². The second-order valence-corrected chi connectivity index (χ2v) is 7.45. The molecule has 19 heavy (non-hydrogen) atoms. The average Bonchev–Trinajstić information content (AvgIpc) is 2.41. The third-order valence-electron chi connectivity index (χ3n) is 3.75. The lowest BCUT2D eigenvalue weighted by atomic mass is 10.0. The van der Waals surface area contributed by atoms with Gasteiger partial charge in [-0.3, -0.25) is 0 Å². The first-order valence-corrected chi connectivity index (χ1v) is 8.67. The van der Waals surface area contributed by atoms with E-state index in [9.17, 15) is 0 Å². The standard InChI is InChI=1S/C15H22BrNOS/c1-10(17-14-5-4-8-19-11(14)2)12-6-7-15(18-3)13(16)9-12/h6-7,9-11,14,17H,4-5,8H2,1-3H3. The largest absolute Gasteiger partial charge is 0.496 e. The summed E-state index contributed by atoms with van der Waals surface area (Å²) in [4.78, 5) is 0. The van der Waals surface area contributed by atoms with E-state index in [2.05, 4.69) is 59.0 Å². The molecule has 3 atom stereocenters. The van der Waals surface area contributed by atoms with Crippen LogP contribution in [-0.2, 0) is 0 Å². The van der Waals surface area contributed by atoms with Gasteiger partial charge in [0.1, 0.15) is 5.75 Å². The van der Waals surface area contributed by atoms with Crippen LogP contribution in [0.2, 0.25) is 0 Å². The molecule has 0 spiro atoms. The number of methoxy groups -OCH3 is 1. The van der Waals surface area contributed by atoms with Gasteiger partial charge in [0, 0.05) is 17.3 Å². The van der Waals surface area contributed by atoms with Gasteiger partial charge in [-0.2, -0.15) is 11.8 Å². The molecule has 1 heterocycles. The van der Waals surface area contributed by atoms with Crippen molar-refractivity contribution in [1.29, 1.82) is 0 Å². The SMILES string of the molecule is COc1ccc(C(C)NC2CCCSC2C)cc1Br. The van der Waals surface area contributed by atoms with E-state index in [1.54, 1.807) is 7.11 Å². The Bertz CT molecular complexity index is 427. The molecule has 106 valence electrons. The fraction of sp³-hybridized carbons (Fsp3) is 0.600. The van der Waals surface area contributed by atoms with Crippen molar-refractivity contribution >= 4 is 27.7 Å². The Morgan fingerprint density at radius 2 is 2.26 bits per heavy atom. The van der Waals surface area contributed by atoms with E-state index in [0.717, 1.165) is 10.2 Å². The van der Waals surface area contributed by atoms with Crippen LogP contribution in [0, 0.1) is 0 Å². The Morgan fingerprint density at radius 1 is 1.47 bits per heavy atom. The highest BCUT2D eigenvalue weighted by Gasteiger charge is 2.23. The summed E-state index contributed by atoms with van der Waals surface area (Å²) in [5.41, 5.74) is 1.30. The van der Waals surface area contributed by atoms with E-state index in [1.165, 1.54) is 24.2 Å². The Morgan fingerprint density at radius 3 is 2.89 bits per heavy atom. The predicted octanol–water partition coefficient (Wildman–Crippen LogP) is 4.39. The quantitative estimate of drug-likeness (QED) is 0.875. The molecular formula is C15H22BrNOS. The number of ether oxygens (including phenoxy) is 1. The number of nitrogens with one attached hydrogen (secondary N) is 1. The van der Waals surface area contributed by atoms with Crippen LogP contribution in [0.25, 0.3) is 0 Å². The van der Waals surface area contributed by atoms with Crippen LogP contribution >= 0.6 is 27.7 Å². The zero-order chi connectivity index (χ0) is 13.8. The molecule has 1 aromatic rings. The molecule has 2 nitrogen and oxygen atoms in total. The summed E-state index contributed by atoms with van der Waals surface area (Å²) in [6.45, 7) is 4.57. The zero-order valence-electron chi connectivity index (χ0n) is 11.8. The molecule has 3 unspecified atom stereocenters. The van der Waals surface area contributed by atoms with Gasteiger partial charge >= 0.3 is 0 Å². The van der Waals surface area contributed by atoms with Gasteiger partial charge in [-0.15, -0.1) is 0 Å². The molecule has 1 fully saturated rings. The lowest BCUT2D eigenvalue weighted by Gasteiger charge is -2.32. The van der Waals surface area contributed by atoms with E-state index < -0.39 is 0 Å². The highest BCUT2D eigenvalue weighted by Crippen LogP contribution is 2.30. The molecule has 0 bridgehead atoms. The molecule has 0 amide bonds. The van der Waals surface area contributed by atoms with Gasteiger partial charge in [0.15, 0.2) is 0 Å². The Hall–Kier alpha value is -0.190. The minimum atomic E-state index is 0.369. The lowest BCUT2D eigenvalue weighted by Crippen LogP contribution is -2.40. The molecule has 1 aliphatic rings. The van der Waals surface area contributed by atoms with Crippen molar-refractivity contribution in [3.05, 3.63) is 28.2 Å². The van der Waals surface area contributed by atoms with Crippen molar-refractivity contribution in [2.24, 2.45) is 0 Å². The van der Waals surface area contributed by atoms with Crippen LogP contribution in [0.4, 0.5) is 0 Å². The Kier molecular flexibility index (Phi) is 5.60. The minimum absolute atomic E-state index is 0.369. The van der Waals surface area contributed by atoms with Crippen LogP contribution in [0.1, 0.15) is 38.3 Å². The van der Waals surface area contributed by atoms with E-state index in [-0.39, 0.29) is 0 Å². The summed E-state index contributed by atoms with van der Waals surface area (Å²) in [5, 5.41) is 4.47. The first-order chi connectivity index (χ1) is 9.11. The Balaban J connectivity index is 2.02. The van der Waals surface area contributed by atoms with Crippen molar-refractivity contribution in [2.75, 3.05) is 12.9 Å². The van der Waals surface area contributed by atoms with Crippen LogP contribution in [-0.4, -0.2) is 24.2 Å². The molecule has 0 aliphatic carbocycles. The summed E-state index contributed by atoms with van der Waals surface area (Å²) in [5.74, 6) is 2.19. The number of hydrogen-bond donors (Lipinski definition) is 1. The van der Waals surface area contributed by atoms with Gasteiger partial charge in [-0.1, -0.05) is 13.0 Å². The smallest absolute Gasteiger partial charge is 0.133 e. The van der Waals surface area contributed by atoms with E-state index in [0.29, 0.717) is 17.3 Å². The van der Waals surface area contributed by atoms with Crippen molar-refractivity contribution < 1.29 is 4.74 Å². The van der Waals surface area contributed by atoms with E-state index in [1.807, 2.05) is 6.07 Å².